The Hall–Kier alpha value is -2.08. The number of guanidine groups is 1. The lowest BCUT2D eigenvalue weighted by Crippen LogP contribution is -2.45. The van der Waals surface area contributed by atoms with Crippen molar-refractivity contribution in [2.75, 3.05) is 40.8 Å². The second-order valence-corrected chi connectivity index (χ2v) is 7.50. The van der Waals surface area contributed by atoms with Crippen LogP contribution in [-0.2, 0) is 6.42 Å². The van der Waals surface area contributed by atoms with Crippen molar-refractivity contribution in [3.8, 4) is 0 Å². The van der Waals surface area contributed by atoms with E-state index in [9.17, 15) is 4.79 Å². The molecule has 0 unspecified atom stereocenters. The minimum absolute atomic E-state index is 0.0298. The maximum atomic E-state index is 12.1. The van der Waals surface area contributed by atoms with Crippen LogP contribution in [0.1, 0.15) is 43.6 Å². The lowest BCUT2D eigenvalue weighted by atomic mass is 10.1. The smallest absolute Gasteiger partial charge is 0.253 e. The molecule has 1 amide bonds. The van der Waals surface area contributed by atoms with Crippen LogP contribution in [0.15, 0.2) is 29.3 Å². The number of carbonyl (C=O) groups is 1. The molecule has 6 heteroatoms. The molecule has 0 aliphatic rings. The third-order valence-corrected chi connectivity index (χ3v) is 4.50. The molecule has 152 valence electrons. The van der Waals surface area contributed by atoms with Gasteiger partial charge >= 0.3 is 0 Å². The van der Waals surface area contributed by atoms with E-state index in [1.165, 1.54) is 0 Å². The second kappa shape index (κ2) is 11.6. The van der Waals surface area contributed by atoms with Crippen molar-refractivity contribution in [2.24, 2.45) is 4.99 Å². The number of hydrogen-bond acceptors (Lipinski definition) is 3. The van der Waals surface area contributed by atoms with Crippen LogP contribution >= 0.6 is 0 Å². The molecule has 0 aromatic heterocycles. The van der Waals surface area contributed by atoms with Gasteiger partial charge in [0.25, 0.3) is 5.91 Å². The summed E-state index contributed by atoms with van der Waals surface area (Å²) in [7, 11) is 5.33. The number of amides is 1. The number of hydrogen-bond donors (Lipinski definition) is 2. The molecule has 0 radical (unpaired) electrons. The van der Waals surface area contributed by atoms with E-state index in [0.717, 1.165) is 43.1 Å². The summed E-state index contributed by atoms with van der Waals surface area (Å²) in [6.45, 7) is 11.5. The fourth-order valence-corrected chi connectivity index (χ4v) is 3.08. The van der Waals surface area contributed by atoms with Crippen molar-refractivity contribution >= 4 is 11.9 Å². The Morgan fingerprint density at radius 1 is 1.07 bits per heavy atom. The molecule has 0 saturated carbocycles. The molecule has 0 atom stereocenters. The average Bonchev–Trinajstić information content (AvgIpc) is 2.62. The number of rotatable bonds is 9. The Morgan fingerprint density at radius 2 is 1.70 bits per heavy atom. The van der Waals surface area contributed by atoms with E-state index in [-0.39, 0.29) is 5.91 Å². The fraction of sp³-hybridized carbons (Fsp3) is 0.619. The number of benzene rings is 1. The van der Waals surface area contributed by atoms with Gasteiger partial charge in [0.1, 0.15) is 0 Å². The monoisotopic (exact) mass is 375 g/mol. The lowest BCUT2D eigenvalue weighted by Gasteiger charge is -2.30. The van der Waals surface area contributed by atoms with E-state index >= 15 is 0 Å². The molecular weight excluding hydrogens is 338 g/mol. The first-order chi connectivity index (χ1) is 12.8. The van der Waals surface area contributed by atoms with Crippen molar-refractivity contribution < 1.29 is 4.79 Å². The van der Waals surface area contributed by atoms with Crippen LogP contribution in [-0.4, -0.2) is 74.5 Å². The van der Waals surface area contributed by atoms with Gasteiger partial charge in [0.2, 0.25) is 0 Å². The molecule has 1 aromatic rings. The summed E-state index contributed by atoms with van der Waals surface area (Å²) >= 11 is 0. The van der Waals surface area contributed by atoms with Crippen LogP contribution in [0.25, 0.3) is 0 Å². The van der Waals surface area contributed by atoms with Gasteiger partial charge in [0.15, 0.2) is 5.96 Å². The van der Waals surface area contributed by atoms with Crippen LogP contribution in [0.3, 0.4) is 0 Å². The zero-order chi connectivity index (χ0) is 20.4. The van der Waals surface area contributed by atoms with E-state index in [1.54, 1.807) is 26.0 Å². The van der Waals surface area contributed by atoms with E-state index in [1.807, 2.05) is 24.3 Å². The number of nitrogens with zero attached hydrogens (tertiary/aromatic N) is 3. The molecule has 0 heterocycles. The molecular formula is C21H37N5O. The summed E-state index contributed by atoms with van der Waals surface area (Å²) in [5.74, 6) is 0.838. The van der Waals surface area contributed by atoms with Crippen LogP contribution in [0, 0.1) is 0 Å². The maximum Gasteiger partial charge on any atom is 0.253 e. The van der Waals surface area contributed by atoms with Gasteiger partial charge in [-0.25, -0.2) is 0 Å². The van der Waals surface area contributed by atoms with Gasteiger partial charge in [0.05, 0.1) is 0 Å². The van der Waals surface area contributed by atoms with Crippen LogP contribution in [0.5, 0.6) is 0 Å². The summed E-state index contributed by atoms with van der Waals surface area (Å²) in [6, 6.07) is 8.86. The van der Waals surface area contributed by atoms with E-state index in [4.69, 9.17) is 0 Å². The van der Waals surface area contributed by atoms with Gasteiger partial charge in [-0.05, 0) is 51.8 Å². The van der Waals surface area contributed by atoms with Crippen molar-refractivity contribution in [3.05, 3.63) is 35.4 Å². The van der Waals surface area contributed by atoms with Crippen molar-refractivity contribution in [2.45, 2.75) is 46.2 Å². The highest BCUT2D eigenvalue weighted by atomic mass is 16.2. The fourth-order valence-electron chi connectivity index (χ4n) is 3.08. The molecule has 1 rings (SSSR count). The largest absolute Gasteiger partial charge is 0.356 e. The number of nitrogens with one attached hydrogen (secondary N) is 2. The minimum Gasteiger partial charge on any atom is -0.356 e. The Bertz CT molecular complexity index is 602. The summed E-state index contributed by atoms with van der Waals surface area (Å²) in [5, 5.41) is 6.72. The Kier molecular flexibility index (Phi) is 9.86. The summed E-state index contributed by atoms with van der Waals surface area (Å²) < 4.78 is 0. The maximum absolute atomic E-state index is 12.1. The number of carbonyl (C=O) groups excluding carboxylic acids is 1. The minimum atomic E-state index is 0.0298. The Labute approximate surface area is 165 Å². The molecule has 6 nitrogen and oxygen atoms in total. The van der Waals surface area contributed by atoms with Crippen LogP contribution < -0.4 is 10.6 Å². The summed E-state index contributed by atoms with van der Waals surface area (Å²) in [6.07, 6.45) is 0.833. The number of aliphatic imine (C=N–C) groups is 1. The van der Waals surface area contributed by atoms with Crippen LogP contribution in [0.2, 0.25) is 0 Å². The topological polar surface area (TPSA) is 60.0 Å². The highest BCUT2D eigenvalue weighted by Gasteiger charge is 2.12. The summed E-state index contributed by atoms with van der Waals surface area (Å²) in [4.78, 5) is 20.4. The zero-order valence-electron chi connectivity index (χ0n) is 18.0. The van der Waals surface area contributed by atoms with E-state index in [2.05, 4.69) is 48.2 Å². The lowest BCUT2D eigenvalue weighted by molar-refractivity contribution is 0.0827. The molecule has 0 bridgehead atoms. The molecule has 0 aliphatic carbocycles. The SMILES string of the molecule is CN=C(NCCc1cccc(C(=O)N(C)C)c1)NCCN(C(C)C)C(C)C. The quantitative estimate of drug-likeness (QED) is 0.513. The standard InChI is InChI=1S/C21H37N5O/c1-16(2)26(17(3)4)14-13-24-21(22-5)23-12-11-18-9-8-10-19(15-18)20(27)25(6)7/h8-10,15-17H,11-14H2,1-7H3,(H2,22,23,24). The highest BCUT2D eigenvalue weighted by molar-refractivity contribution is 5.94. The van der Waals surface area contributed by atoms with Crippen molar-refractivity contribution in [1.29, 1.82) is 0 Å². The molecule has 0 saturated heterocycles. The predicted molar refractivity (Wildman–Crippen MR) is 115 cm³/mol. The molecule has 1 aromatic carbocycles. The van der Waals surface area contributed by atoms with Crippen LogP contribution in [0.4, 0.5) is 0 Å². The van der Waals surface area contributed by atoms with Crippen molar-refractivity contribution in [1.82, 2.24) is 20.4 Å². The molecule has 0 aliphatic heterocycles. The van der Waals surface area contributed by atoms with Gasteiger partial charge in [-0.2, -0.15) is 0 Å². The Morgan fingerprint density at radius 3 is 2.26 bits per heavy atom. The van der Waals surface area contributed by atoms with E-state index in [0.29, 0.717) is 12.1 Å². The predicted octanol–water partition coefficient (Wildman–Crippen LogP) is 2.21. The molecule has 2 N–H and O–H groups in total. The Balaban J connectivity index is 2.46. The molecule has 27 heavy (non-hydrogen) atoms. The van der Waals surface area contributed by atoms with Gasteiger partial charge in [-0.15, -0.1) is 0 Å². The van der Waals surface area contributed by atoms with Crippen molar-refractivity contribution in [3.63, 3.8) is 0 Å². The second-order valence-electron chi connectivity index (χ2n) is 7.50. The average molecular weight is 376 g/mol. The van der Waals surface area contributed by atoms with Gasteiger partial charge in [-0.1, -0.05) is 12.1 Å². The first kappa shape index (κ1) is 23.0. The third kappa shape index (κ3) is 7.99. The van der Waals surface area contributed by atoms with Gasteiger partial charge in [0, 0.05) is 58.4 Å². The van der Waals surface area contributed by atoms with Gasteiger partial charge in [-0.3, -0.25) is 14.7 Å². The van der Waals surface area contributed by atoms with Gasteiger partial charge < -0.3 is 15.5 Å². The van der Waals surface area contributed by atoms with E-state index < -0.39 is 0 Å². The first-order valence-electron chi connectivity index (χ1n) is 9.77. The zero-order valence-corrected chi connectivity index (χ0v) is 18.0. The third-order valence-electron chi connectivity index (χ3n) is 4.50. The first-order valence-corrected chi connectivity index (χ1v) is 9.77. The summed E-state index contributed by atoms with van der Waals surface area (Å²) in [5.41, 5.74) is 1.86. The molecule has 0 spiro atoms. The normalized spacial score (nSPS) is 12.0. The molecule has 0 fully saturated rings. The highest BCUT2D eigenvalue weighted by Crippen LogP contribution is 2.08.